The smallest absolute Gasteiger partial charge is 0.247 e. The number of ether oxygens (including phenoxy) is 1. The predicted molar refractivity (Wildman–Crippen MR) is 135 cm³/mol. The van der Waals surface area contributed by atoms with Crippen LogP contribution in [0.25, 0.3) is 6.08 Å². The van der Waals surface area contributed by atoms with Gasteiger partial charge in [0, 0.05) is 56.3 Å². The molecule has 178 valence electrons. The molecule has 2 fully saturated rings. The number of fused-ring (bicyclic) bond motifs is 1. The summed E-state index contributed by atoms with van der Waals surface area (Å²) in [4.78, 5) is 28.9. The summed E-state index contributed by atoms with van der Waals surface area (Å²) in [6.07, 6.45) is 8.48. The minimum absolute atomic E-state index is 0.0664. The van der Waals surface area contributed by atoms with Crippen LogP contribution in [0.4, 0.5) is 11.4 Å². The maximum atomic E-state index is 12.9. The number of hydrogen-bond acceptors (Lipinski definition) is 4. The topological polar surface area (TPSA) is 61.9 Å². The van der Waals surface area contributed by atoms with Crippen LogP contribution >= 0.6 is 11.6 Å². The van der Waals surface area contributed by atoms with Gasteiger partial charge in [0.15, 0.2) is 0 Å². The molecule has 0 saturated carbocycles. The number of anilines is 2. The van der Waals surface area contributed by atoms with Crippen LogP contribution < -0.4 is 15.0 Å². The number of carbonyl (C=O) groups excluding carboxylic acids is 2. The number of amides is 2. The second-order valence-electron chi connectivity index (χ2n) is 9.41. The quantitative estimate of drug-likeness (QED) is 0.663. The zero-order chi connectivity index (χ0) is 23.7. The van der Waals surface area contributed by atoms with Gasteiger partial charge in [-0.1, -0.05) is 35.9 Å². The van der Waals surface area contributed by atoms with E-state index in [1.807, 2.05) is 12.1 Å². The molecule has 1 spiro atoms. The van der Waals surface area contributed by atoms with Crippen molar-refractivity contribution in [3.8, 4) is 5.75 Å². The Morgan fingerprint density at radius 1 is 1.09 bits per heavy atom. The van der Waals surface area contributed by atoms with Crippen molar-refractivity contribution in [3.05, 3.63) is 59.1 Å². The molecule has 0 aromatic heterocycles. The Morgan fingerprint density at radius 2 is 1.85 bits per heavy atom. The van der Waals surface area contributed by atoms with E-state index >= 15 is 0 Å². The molecule has 1 atom stereocenters. The highest BCUT2D eigenvalue weighted by Crippen LogP contribution is 2.43. The fraction of sp³-hybridized carbons (Fsp3) is 0.407. The second-order valence-corrected chi connectivity index (χ2v) is 9.82. The van der Waals surface area contributed by atoms with Crippen LogP contribution in [0.5, 0.6) is 5.75 Å². The lowest BCUT2D eigenvalue weighted by Crippen LogP contribution is -2.49. The zero-order valence-electron chi connectivity index (χ0n) is 19.4. The van der Waals surface area contributed by atoms with Gasteiger partial charge in [-0.05, 0) is 49.6 Å². The molecule has 6 nitrogen and oxygen atoms in total. The molecule has 3 heterocycles. The lowest BCUT2D eigenvalue weighted by molar-refractivity contribution is -0.138. The van der Waals surface area contributed by atoms with E-state index in [0.29, 0.717) is 29.4 Å². The van der Waals surface area contributed by atoms with Gasteiger partial charge in [0.25, 0.3) is 0 Å². The summed E-state index contributed by atoms with van der Waals surface area (Å²) in [5.74, 6) is 0.429. The highest BCUT2D eigenvalue weighted by Gasteiger charge is 2.38. The van der Waals surface area contributed by atoms with Crippen LogP contribution in [-0.2, 0) is 9.59 Å². The van der Waals surface area contributed by atoms with Gasteiger partial charge in [0.1, 0.15) is 17.4 Å². The molecule has 0 bridgehead atoms. The van der Waals surface area contributed by atoms with E-state index in [2.05, 4.69) is 46.6 Å². The number of nitrogens with one attached hydrogen (secondary N) is 1. The van der Waals surface area contributed by atoms with Crippen molar-refractivity contribution in [2.75, 3.05) is 29.9 Å². The van der Waals surface area contributed by atoms with Crippen molar-refractivity contribution >= 4 is 40.9 Å². The Hall–Kier alpha value is -2.99. The normalized spacial score (nSPS) is 21.1. The number of likely N-dealkylation sites (tertiary alicyclic amines) is 1. The number of halogens is 1. The van der Waals surface area contributed by atoms with Gasteiger partial charge in [0.05, 0.1) is 5.02 Å². The summed E-state index contributed by atoms with van der Waals surface area (Å²) in [6.45, 7) is 3.95. The highest BCUT2D eigenvalue weighted by atomic mass is 35.5. The number of rotatable bonds is 3. The molecule has 0 aliphatic carbocycles. The monoisotopic (exact) mass is 479 g/mol. The average Bonchev–Trinajstić information content (AvgIpc) is 2.86. The molecular formula is C27H30ClN3O3. The van der Waals surface area contributed by atoms with E-state index in [4.69, 9.17) is 16.3 Å². The number of para-hydroxylation sites is 1. The fourth-order valence-electron chi connectivity index (χ4n) is 5.25. The third-order valence-electron chi connectivity index (χ3n) is 7.15. The van der Waals surface area contributed by atoms with Crippen LogP contribution in [-0.4, -0.2) is 48.0 Å². The highest BCUT2D eigenvalue weighted by molar-refractivity contribution is 6.32. The molecule has 2 aromatic rings. The zero-order valence-corrected chi connectivity index (χ0v) is 20.2. The van der Waals surface area contributed by atoms with E-state index in [-0.39, 0.29) is 17.4 Å². The van der Waals surface area contributed by atoms with Gasteiger partial charge < -0.3 is 19.9 Å². The van der Waals surface area contributed by atoms with Crippen LogP contribution in [0, 0.1) is 0 Å². The predicted octanol–water partition coefficient (Wildman–Crippen LogP) is 5.12. The lowest BCUT2D eigenvalue weighted by Gasteiger charge is -2.43. The largest absolute Gasteiger partial charge is 0.481 e. The molecule has 3 aliphatic rings. The summed E-state index contributed by atoms with van der Waals surface area (Å²) >= 11 is 6.64. The van der Waals surface area contributed by atoms with Gasteiger partial charge >= 0.3 is 0 Å². The summed E-state index contributed by atoms with van der Waals surface area (Å²) < 4.78 is 6.49. The summed E-state index contributed by atoms with van der Waals surface area (Å²) in [5.41, 5.74) is 2.34. The van der Waals surface area contributed by atoms with E-state index in [1.54, 1.807) is 11.0 Å². The Morgan fingerprint density at radius 3 is 2.59 bits per heavy atom. The van der Waals surface area contributed by atoms with Crippen LogP contribution in [0.3, 0.4) is 0 Å². The van der Waals surface area contributed by atoms with Gasteiger partial charge in [-0.2, -0.15) is 0 Å². The molecule has 2 saturated heterocycles. The Balaban J connectivity index is 1.28. The molecule has 2 amide bonds. The summed E-state index contributed by atoms with van der Waals surface area (Å²) in [5, 5.41) is 3.45. The van der Waals surface area contributed by atoms with Crippen LogP contribution in [0.2, 0.25) is 5.02 Å². The lowest BCUT2D eigenvalue weighted by atomic mass is 9.87. The SMILES string of the molecule is CC(=O)N1CCCC[C@@H]1C(=O)Nc1cc(Cl)c2c(c1)C=CC1(CCN(c3ccccc3)CC1)O2. The molecule has 34 heavy (non-hydrogen) atoms. The number of carbonyl (C=O) groups is 2. The average molecular weight is 480 g/mol. The van der Waals surface area contributed by atoms with Crippen LogP contribution in [0.1, 0.15) is 44.6 Å². The van der Waals surface area contributed by atoms with E-state index < -0.39 is 6.04 Å². The standard InChI is InChI=1S/C27H30ClN3O3/c1-19(32)31-14-6-5-9-24(31)26(33)29-21-17-20-10-11-27(34-25(20)23(28)18-21)12-15-30(16-13-27)22-7-3-2-4-8-22/h2-4,7-8,10-11,17-18,24H,5-6,9,12-16H2,1H3,(H,29,33)/t24-/m1/s1. The third kappa shape index (κ3) is 4.51. The van der Waals surface area contributed by atoms with Crippen molar-refractivity contribution in [3.63, 3.8) is 0 Å². The van der Waals surface area contributed by atoms with Crippen LogP contribution in [0.15, 0.2) is 48.5 Å². The summed E-state index contributed by atoms with van der Waals surface area (Å²) in [7, 11) is 0. The minimum Gasteiger partial charge on any atom is -0.481 e. The number of piperidine rings is 2. The maximum absolute atomic E-state index is 12.9. The Bertz CT molecular complexity index is 1110. The van der Waals surface area contributed by atoms with Gasteiger partial charge in [0.2, 0.25) is 11.8 Å². The molecule has 5 rings (SSSR count). The Labute approximate surface area is 205 Å². The number of nitrogens with zero attached hydrogens (tertiary/aromatic N) is 2. The Kier molecular flexibility index (Phi) is 6.26. The maximum Gasteiger partial charge on any atom is 0.247 e. The van der Waals surface area contributed by atoms with Crippen molar-refractivity contribution < 1.29 is 14.3 Å². The molecule has 3 aliphatic heterocycles. The first-order chi connectivity index (χ1) is 16.4. The van der Waals surface area contributed by atoms with Gasteiger partial charge in [-0.15, -0.1) is 0 Å². The van der Waals surface area contributed by atoms with Gasteiger partial charge in [-0.3, -0.25) is 9.59 Å². The summed E-state index contributed by atoms with van der Waals surface area (Å²) in [6, 6.07) is 13.6. The molecule has 0 radical (unpaired) electrons. The van der Waals surface area contributed by atoms with Crippen molar-refractivity contribution in [2.24, 2.45) is 0 Å². The molecule has 7 heteroatoms. The van der Waals surface area contributed by atoms with Crippen molar-refractivity contribution in [1.82, 2.24) is 4.90 Å². The first-order valence-corrected chi connectivity index (χ1v) is 12.4. The first kappa shape index (κ1) is 22.8. The third-order valence-corrected chi connectivity index (χ3v) is 7.43. The molecule has 2 aromatic carbocycles. The van der Waals surface area contributed by atoms with E-state index in [9.17, 15) is 9.59 Å². The fourth-order valence-corrected chi connectivity index (χ4v) is 5.52. The number of hydrogen-bond donors (Lipinski definition) is 1. The van der Waals surface area contributed by atoms with Crippen molar-refractivity contribution in [2.45, 2.75) is 50.7 Å². The molecule has 1 N–H and O–H groups in total. The van der Waals surface area contributed by atoms with Crippen molar-refractivity contribution in [1.29, 1.82) is 0 Å². The molecular weight excluding hydrogens is 450 g/mol. The molecule has 0 unspecified atom stereocenters. The van der Waals surface area contributed by atoms with E-state index in [0.717, 1.165) is 44.3 Å². The van der Waals surface area contributed by atoms with Gasteiger partial charge in [-0.25, -0.2) is 0 Å². The number of benzene rings is 2. The second kappa shape index (κ2) is 9.34. The van der Waals surface area contributed by atoms with E-state index in [1.165, 1.54) is 12.6 Å². The minimum atomic E-state index is -0.439. The first-order valence-electron chi connectivity index (χ1n) is 12.0.